The molecule has 1 aliphatic carbocycles. The normalized spacial score (nSPS) is 13.2. The Bertz CT molecular complexity index is 4400. The summed E-state index contributed by atoms with van der Waals surface area (Å²) in [5.41, 5.74) is 20.7. The van der Waals surface area contributed by atoms with Gasteiger partial charge >= 0.3 is 0 Å². The van der Waals surface area contributed by atoms with E-state index in [2.05, 4.69) is 245 Å². The average molecular weight is 941 g/mol. The van der Waals surface area contributed by atoms with Crippen molar-refractivity contribution in [3.63, 3.8) is 0 Å². The van der Waals surface area contributed by atoms with Gasteiger partial charge in [-0.05, 0) is 139 Å². The van der Waals surface area contributed by atoms with Crippen molar-refractivity contribution in [2.45, 2.75) is 47.5 Å². The number of rotatable bonds is 8. The van der Waals surface area contributed by atoms with E-state index in [0.29, 0.717) is 0 Å². The molecule has 4 nitrogen and oxygen atoms in total. The minimum atomic E-state index is 0.832. The lowest BCUT2D eigenvalue weighted by molar-refractivity contribution is 0.667. The lowest BCUT2D eigenvalue weighted by atomic mass is 9.87. The number of benzene rings is 11. The van der Waals surface area contributed by atoms with Gasteiger partial charge in [-0.3, -0.25) is 0 Å². The monoisotopic (exact) mass is 940 g/mol. The van der Waals surface area contributed by atoms with Crippen molar-refractivity contribution in [2.75, 3.05) is 9.80 Å². The van der Waals surface area contributed by atoms with E-state index in [0.717, 1.165) is 113 Å². The van der Waals surface area contributed by atoms with Gasteiger partial charge < -0.3 is 18.6 Å². The summed E-state index contributed by atoms with van der Waals surface area (Å²) in [7, 11) is 0. The number of anilines is 6. The summed E-state index contributed by atoms with van der Waals surface area (Å²) in [4.78, 5) is 4.86. The lowest BCUT2D eigenvalue weighted by Crippen LogP contribution is -2.15. The van der Waals surface area contributed by atoms with Gasteiger partial charge in [-0.25, -0.2) is 0 Å². The molecule has 0 fully saturated rings. The Kier molecular flexibility index (Phi) is 9.78. The van der Waals surface area contributed by atoms with Crippen molar-refractivity contribution >= 4 is 116 Å². The Labute approximate surface area is 424 Å². The molecule has 0 saturated heterocycles. The zero-order chi connectivity index (χ0) is 49.1. The Balaban J connectivity index is 1.09. The fourth-order valence-electron chi connectivity index (χ4n) is 12.5. The standard InChI is InChI=1S/C69H52N2O2/c1-41-38-46-34-36-54-60(70(48-22-8-6-9-23-48)58-32-16-28-52-50-26-14-30-56(66(50)72-68(52)58)62-42(2)18-12-19-43(62)3)40-61(55-37-35-47(39-41)64(46)65(54)55)71(49-24-10-7-11-25-49)59-33-17-29-53-51-27-15-31-57(67(51)73-69(53)59)63-44(4)20-13-21-45(63)5/h6-12,14-20,22-40H,13,21H2,1-5H3. The maximum absolute atomic E-state index is 7.35. The van der Waals surface area contributed by atoms with Crippen LogP contribution < -0.4 is 9.80 Å². The molecule has 13 aromatic rings. The molecule has 1 aliphatic rings. The number of hydrogen-bond donors (Lipinski definition) is 0. The Hall–Kier alpha value is -8.86. The fraction of sp³-hybridized carbons (Fsp3) is 0.101. The zero-order valence-corrected chi connectivity index (χ0v) is 41.7. The minimum absolute atomic E-state index is 0.832. The van der Waals surface area contributed by atoms with E-state index in [1.165, 1.54) is 60.5 Å². The summed E-state index contributed by atoms with van der Waals surface area (Å²) in [5, 5.41) is 11.5. The second-order valence-electron chi connectivity index (χ2n) is 20.2. The van der Waals surface area contributed by atoms with Crippen LogP contribution in [-0.2, 0) is 0 Å². The van der Waals surface area contributed by atoms with Crippen LogP contribution in [0.15, 0.2) is 220 Å². The number of hydrogen-bond acceptors (Lipinski definition) is 4. The van der Waals surface area contributed by atoms with Crippen LogP contribution in [0.1, 0.15) is 48.9 Å². The molecule has 14 rings (SSSR count). The van der Waals surface area contributed by atoms with Crippen LogP contribution in [0.25, 0.3) is 92.9 Å². The number of aryl methyl sites for hydroxylation is 3. The van der Waals surface area contributed by atoms with Gasteiger partial charge in [-0.1, -0.05) is 163 Å². The number of allylic oxidation sites excluding steroid dienone is 4. The van der Waals surface area contributed by atoms with Crippen LogP contribution in [0.3, 0.4) is 0 Å². The number of para-hydroxylation sites is 6. The summed E-state index contributed by atoms with van der Waals surface area (Å²) in [6, 6.07) is 71.0. The molecule has 4 heteroatoms. The Morgan fingerprint density at radius 1 is 0.384 bits per heavy atom. The van der Waals surface area contributed by atoms with Crippen molar-refractivity contribution in [1.82, 2.24) is 0 Å². The van der Waals surface area contributed by atoms with E-state index in [9.17, 15) is 0 Å². The van der Waals surface area contributed by atoms with Crippen LogP contribution >= 0.6 is 0 Å². The summed E-state index contributed by atoms with van der Waals surface area (Å²) in [5.74, 6) is 0. The van der Waals surface area contributed by atoms with Crippen molar-refractivity contribution < 1.29 is 8.83 Å². The van der Waals surface area contributed by atoms with Crippen LogP contribution in [0, 0.1) is 20.8 Å². The molecule has 0 saturated carbocycles. The highest BCUT2D eigenvalue weighted by Gasteiger charge is 2.29. The largest absolute Gasteiger partial charge is 0.453 e. The molecule has 0 aliphatic heterocycles. The van der Waals surface area contributed by atoms with E-state index in [-0.39, 0.29) is 0 Å². The predicted octanol–water partition coefficient (Wildman–Crippen LogP) is 20.4. The third-order valence-corrected chi connectivity index (χ3v) is 15.6. The van der Waals surface area contributed by atoms with Crippen molar-refractivity contribution in [2.24, 2.45) is 0 Å². The average Bonchev–Trinajstić information content (AvgIpc) is 4.00. The maximum atomic E-state index is 7.35. The summed E-state index contributed by atoms with van der Waals surface area (Å²) >= 11 is 0. The van der Waals surface area contributed by atoms with Crippen molar-refractivity contribution in [3.05, 3.63) is 234 Å². The number of fused-ring (bicyclic) bond motifs is 6. The predicted molar refractivity (Wildman–Crippen MR) is 309 cm³/mol. The van der Waals surface area contributed by atoms with Gasteiger partial charge in [0.15, 0.2) is 11.2 Å². The Morgan fingerprint density at radius 2 is 0.863 bits per heavy atom. The first-order valence-electron chi connectivity index (χ1n) is 25.6. The summed E-state index contributed by atoms with van der Waals surface area (Å²) < 4.78 is 14.7. The summed E-state index contributed by atoms with van der Waals surface area (Å²) in [6.07, 6.45) is 4.49. The molecule has 0 amide bonds. The highest BCUT2D eigenvalue weighted by Crippen LogP contribution is 2.53. The van der Waals surface area contributed by atoms with Gasteiger partial charge in [-0.2, -0.15) is 0 Å². The second-order valence-corrected chi connectivity index (χ2v) is 20.2. The molecule has 0 N–H and O–H groups in total. The van der Waals surface area contributed by atoms with Gasteiger partial charge in [0, 0.05) is 60.2 Å². The lowest BCUT2D eigenvalue weighted by Gasteiger charge is -2.32. The van der Waals surface area contributed by atoms with Crippen LogP contribution in [0.4, 0.5) is 34.1 Å². The molecule has 0 unspecified atom stereocenters. The Morgan fingerprint density at radius 3 is 1.40 bits per heavy atom. The van der Waals surface area contributed by atoms with E-state index in [1.807, 2.05) is 0 Å². The molecule has 2 aromatic heterocycles. The molecule has 2 heterocycles. The molecular weight excluding hydrogens is 889 g/mol. The van der Waals surface area contributed by atoms with E-state index in [4.69, 9.17) is 8.83 Å². The van der Waals surface area contributed by atoms with Crippen LogP contribution in [-0.4, -0.2) is 0 Å². The fourth-order valence-corrected chi connectivity index (χ4v) is 12.5. The van der Waals surface area contributed by atoms with Gasteiger partial charge in [0.1, 0.15) is 11.2 Å². The van der Waals surface area contributed by atoms with Crippen LogP contribution in [0.2, 0.25) is 0 Å². The first kappa shape index (κ1) is 43.0. The topological polar surface area (TPSA) is 32.8 Å². The van der Waals surface area contributed by atoms with Crippen molar-refractivity contribution in [3.8, 4) is 11.1 Å². The van der Waals surface area contributed by atoms with Gasteiger partial charge in [0.25, 0.3) is 0 Å². The minimum Gasteiger partial charge on any atom is -0.453 e. The maximum Gasteiger partial charge on any atom is 0.159 e. The van der Waals surface area contributed by atoms with E-state index in [1.54, 1.807) is 0 Å². The third-order valence-electron chi connectivity index (χ3n) is 15.6. The van der Waals surface area contributed by atoms with Gasteiger partial charge in [0.2, 0.25) is 0 Å². The van der Waals surface area contributed by atoms with Gasteiger partial charge in [0.05, 0.1) is 22.7 Å². The number of nitrogens with zero attached hydrogens (tertiary/aromatic N) is 2. The molecule has 0 bridgehead atoms. The smallest absolute Gasteiger partial charge is 0.159 e. The van der Waals surface area contributed by atoms with E-state index < -0.39 is 0 Å². The first-order chi connectivity index (χ1) is 35.8. The highest BCUT2D eigenvalue weighted by molar-refractivity contribution is 6.30. The molecule has 0 spiro atoms. The van der Waals surface area contributed by atoms with E-state index >= 15 is 0 Å². The molecule has 350 valence electrons. The molecule has 0 radical (unpaired) electrons. The SMILES string of the molecule is CC1=CCCC(C)=C1c1cccc2c1oc1c(N(c3ccccc3)c3cc(N(c4ccccc4)c4cccc5c4oc4c(-c6c(C)cccc6C)cccc45)c4ccc5cc(C)cc6ccc3c4c65)cccc12. The third kappa shape index (κ3) is 6.60. The van der Waals surface area contributed by atoms with Gasteiger partial charge in [-0.15, -0.1) is 0 Å². The second kappa shape index (κ2) is 16.6. The summed E-state index contributed by atoms with van der Waals surface area (Å²) in [6.45, 7) is 11.1. The number of furan rings is 2. The zero-order valence-electron chi connectivity index (χ0n) is 41.7. The highest BCUT2D eigenvalue weighted by atomic mass is 16.3. The molecular formula is C69H52N2O2. The first-order valence-corrected chi connectivity index (χ1v) is 25.6. The van der Waals surface area contributed by atoms with Crippen LogP contribution in [0.5, 0.6) is 0 Å². The molecule has 0 atom stereocenters. The molecule has 11 aromatic carbocycles. The molecule has 73 heavy (non-hydrogen) atoms. The quantitative estimate of drug-likeness (QED) is 0.142. The van der Waals surface area contributed by atoms with Crippen molar-refractivity contribution in [1.29, 1.82) is 0 Å².